The molecular formula is C21H25N7O4S. The van der Waals surface area contributed by atoms with Gasteiger partial charge in [0.2, 0.25) is 0 Å². The summed E-state index contributed by atoms with van der Waals surface area (Å²) < 4.78 is 8.99. The Morgan fingerprint density at radius 1 is 1.21 bits per heavy atom. The van der Waals surface area contributed by atoms with Crippen molar-refractivity contribution in [2.24, 2.45) is 0 Å². The molecule has 0 radical (unpaired) electrons. The molecule has 0 unspecified atom stereocenters. The molecule has 0 saturated heterocycles. The molecular weight excluding hydrogens is 446 g/mol. The summed E-state index contributed by atoms with van der Waals surface area (Å²) in [6.45, 7) is 4.37. The fourth-order valence-electron chi connectivity index (χ4n) is 3.16. The summed E-state index contributed by atoms with van der Waals surface area (Å²) in [4.78, 5) is 43.2. The van der Waals surface area contributed by atoms with Crippen LogP contribution in [0.2, 0.25) is 0 Å². The quantitative estimate of drug-likeness (QED) is 0.222. The lowest BCUT2D eigenvalue weighted by Gasteiger charge is -2.14. The highest BCUT2D eigenvalue weighted by Crippen LogP contribution is 2.09. The van der Waals surface area contributed by atoms with Crippen molar-refractivity contribution in [3.05, 3.63) is 75.7 Å². The average molecular weight is 472 g/mol. The number of carbonyl (C=O) groups is 1. The Balaban J connectivity index is 1.98. The molecule has 3 N–H and O–H groups in total. The third-order valence-electron chi connectivity index (χ3n) is 4.73. The Morgan fingerprint density at radius 3 is 2.67 bits per heavy atom. The molecule has 2 aromatic heterocycles. The SMILES string of the molecule is C=CCNC(=S)NNC(=O)Cn1c(=O)c2c(ncn2CCOC)n(Cc2ccccc2)c1=O. The largest absolute Gasteiger partial charge is 0.383 e. The number of hydrogen-bond donors (Lipinski definition) is 3. The van der Waals surface area contributed by atoms with Gasteiger partial charge in [0.25, 0.3) is 11.5 Å². The lowest BCUT2D eigenvalue weighted by molar-refractivity contribution is -0.122. The third kappa shape index (κ3) is 5.73. The van der Waals surface area contributed by atoms with Gasteiger partial charge in [0.05, 0.1) is 19.5 Å². The van der Waals surface area contributed by atoms with Gasteiger partial charge in [0, 0.05) is 20.2 Å². The molecule has 2 heterocycles. The molecule has 0 aliphatic heterocycles. The number of nitrogens with zero attached hydrogens (tertiary/aromatic N) is 4. The van der Waals surface area contributed by atoms with E-state index in [2.05, 4.69) is 27.7 Å². The number of imidazole rings is 1. The van der Waals surface area contributed by atoms with Crippen molar-refractivity contribution in [1.82, 2.24) is 34.9 Å². The highest BCUT2D eigenvalue weighted by Gasteiger charge is 2.20. The van der Waals surface area contributed by atoms with E-state index in [0.29, 0.717) is 19.7 Å². The van der Waals surface area contributed by atoms with Crippen LogP contribution in [-0.2, 0) is 29.2 Å². The van der Waals surface area contributed by atoms with Crippen molar-refractivity contribution in [3.63, 3.8) is 0 Å². The number of benzene rings is 1. The number of methoxy groups -OCH3 is 1. The number of thiocarbonyl (C=S) groups is 1. The van der Waals surface area contributed by atoms with Crippen LogP contribution in [0.3, 0.4) is 0 Å². The van der Waals surface area contributed by atoms with Crippen LogP contribution in [0.5, 0.6) is 0 Å². The van der Waals surface area contributed by atoms with E-state index in [4.69, 9.17) is 17.0 Å². The van der Waals surface area contributed by atoms with Crippen LogP contribution in [-0.4, -0.2) is 50.0 Å². The minimum absolute atomic E-state index is 0.171. The minimum atomic E-state index is -0.643. The molecule has 3 rings (SSSR count). The maximum atomic E-state index is 13.2. The Hall–Kier alpha value is -3.77. The van der Waals surface area contributed by atoms with Crippen molar-refractivity contribution in [2.45, 2.75) is 19.6 Å². The van der Waals surface area contributed by atoms with Crippen molar-refractivity contribution in [1.29, 1.82) is 0 Å². The molecule has 12 heteroatoms. The van der Waals surface area contributed by atoms with Gasteiger partial charge in [-0.15, -0.1) is 6.58 Å². The first-order chi connectivity index (χ1) is 16.0. The van der Waals surface area contributed by atoms with Crippen LogP contribution >= 0.6 is 12.2 Å². The summed E-state index contributed by atoms with van der Waals surface area (Å²) in [5, 5.41) is 2.96. The van der Waals surface area contributed by atoms with E-state index in [1.807, 2.05) is 30.3 Å². The molecule has 11 nitrogen and oxygen atoms in total. The summed E-state index contributed by atoms with van der Waals surface area (Å²) in [5.41, 5.74) is 4.94. The Bertz CT molecular complexity index is 1260. The number of hydrazine groups is 1. The van der Waals surface area contributed by atoms with Gasteiger partial charge in [0.1, 0.15) is 6.54 Å². The first-order valence-electron chi connectivity index (χ1n) is 10.1. The second kappa shape index (κ2) is 11.2. The van der Waals surface area contributed by atoms with Crippen LogP contribution < -0.4 is 27.4 Å². The van der Waals surface area contributed by atoms with Gasteiger partial charge < -0.3 is 14.6 Å². The lowest BCUT2D eigenvalue weighted by atomic mass is 10.2. The molecule has 0 spiro atoms. The van der Waals surface area contributed by atoms with Gasteiger partial charge in [-0.1, -0.05) is 36.4 Å². The normalized spacial score (nSPS) is 10.7. The van der Waals surface area contributed by atoms with Gasteiger partial charge in [-0.05, 0) is 17.8 Å². The van der Waals surface area contributed by atoms with E-state index in [1.54, 1.807) is 17.8 Å². The van der Waals surface area contributed by atoms with Crippen molar-refractivity contribution in [2.75, 3.05) is 20.3 Å². The van der Waals surface area contributed by atoms with E-state index in [-0.39, 0.29) is 22.8 Å². The fraction of sp³-hybridized carbons (Fsp3) is 0.286. The van der Waals surface area contributed by atoms with Crippen LogP contribution in [0, 0.1) is 0 Å². The number of ether oxygens (including phenoxy) is 1. The van der Waals surface area contributed by atoms with Gasteiger partial charge in [-0.25, -0.2) is 14.3 Å². The molecule has 0 aliphatic rings. The summed E-state index contributed by atoms with van der Waals surface area (Å²) in [6, 6.07) is 9.31. The lowest BCUT2D eigenvalue weighted by Crippen LogP contribution is -2.50. The molecule has 3 aromatic rings. The monoisotopic (exact) mass is 471 g/mol. The van der Waals surface area contributed by atoms with E-state index in [9.17, 15) is 14.4 Å². The van der Waals surface area contributed by atoms with E-state index < -0.39 is 23.7 Å². The molecule has 0 aliphatic carbocycles. The van der Waals surface area contributed by atoms with Crippen LogP contribution in [0.15, 0.2) is 58.9 Å². The van der Waals surface area contributed by atoms with Crippen molar-refractivity contribution < 1.29 is 9.53 Å². The van der Waals surface area contributed by atoms with Crippen LogP contribution in [0.4, 0.5) is 0 Å². The maximum absolute atomic E-state index is 13.2. The fourth-order valence-corrected chi connectivity index (χ4v) is 3.30. The zero-order chi connectivity index (χ0) is 23.8. The van der Waals surface area contributed by atoms with Crippen molar-refractivity contribution in [3.8, 4) is 0 Å². The highest BCUT2D eigenvalue weighted by atomic mass is 32.1. The molecule has 0 saturated carbocycles. The highest BCUT2D eigenvalue weighted by molar-refractivity contribution is 7.80. The molecule has 33 heavy (non-hydrogen) atoms. The molecule has 0 fully saturated rings. The number of amides is 1. The minimum Gasteiger partial charge on any atom is -0.383 e. The Morgan fingerprint density at radius 2 is 1.97 bits per heavy atom. The van der Waals surface area contributed by atoms with Crippen molar-refractivity contribution >= 4 is 34.4 Å². The third-order valence-corrected chi connectivity index (χ3v) is 4.97. The molecule has 0 bridgehead atoms. The van der Waals surface area contributed by atoms with E-state index >= 15 is 0 Å². The Labute approximate surface area is 194 Å². The van der Waals surface area contributed by atoms with Gasteiger partial charge in [-0.3, -0.25) is 25.0 Å². The smallest absolute Gasteiger partial charge is 0.333 e. The number of fused-ring (bicyclic) bond motifs is 1. The predicted molar refractivity (Wildman–Crippen MR) is 128 cm³/mol. The molecule has 1 aromatic carbocycles. The predicted octanol–water partition coefficient (Wildman–Crippen LogP) is -0.264. The Kier molecular flexibility index (Phi) is 8.11. The average Bonchev–Trinajstić information content (AvgIpc) is 3.25. The standard InChI is InChI=1S/C21H25N7O4S/c1-3-9-22-20(33)25-24-16(29)13-28-19(30)17-18(23-14-26(17)10-11-32-2)27(21(28)31)12-15-7-5-4-6-8-15/h3-8,14H,1,9-13H2,2H3,(H,24,29)(H2,22,25,33). The topological polar surface area (TPSA) is 124 Å². The number of aromatic nitrogens is 4. The van der Waals surface area contributed by atoms with E-state index in [0.717, 1.165) is 10.1 Å². The molecule has 174 valence electrons. The van der Waals surface area contributed by atoms with Crippen LogP contribution in [0.1, 0.15) is 5.56 Å². The maximum Gasteiger partial charge on any atom is 0.333 e. The van der Waals surface area contributed by atoms with Gasteiger partial charge in [0.15, 0.2) is 16.3 Å². The second-order valence-electron chi connectivity index (χ2n) is 7.02. The van der Waals surface area contributed by atoms with E-state index in [1.165, 1.54) is 10.9 Å². The zero-order valence-electron chi connectivity index (χ0n) is 18.1. The molecule has 0 atom stereocenters. The zero-order valence-corrected chi connectivity index (χ0v) is 18.9. The van der Waals surface area contributed by atoms with Gasteiger partial charge in [-0.2, -0.15) is 0 Å². The second-order valence-corrected chi connectivity index (χ2v) is 7.43. The first kappa shape index (κ1) is 23.9. The molecule has 1 amide bonds. The first-order valence-corrected chi connectivity index (χ1v) is 10.5. The number of carbonyl (C=O) groups excluding carboxylic acids is 1. The summed E-state index contributed by atoms with van der Waals surface area (Å²) in [5.74, 6) is -0.620. The summed E-state index contributed by atoms with van der Waals surface area (Å²) in [7, 11) is 1.55. The van der Waals surface area contributed by atoms with Gasteiger partial charge >= 0.3 is 5.69 Å². The summed E-state index contributed by atoms with van der Waals surface area (Å²) in [6.07, 6.45) is 3.09. The summed E-state index contributed by atoms with van der Waals surface area (Å²) >= 11 is 5.01. The number of hydrogen-bond acceptors (Lipinski definition) is 6. The van der Waals surface area contributed by atoms with Crippen LogP contribution in [0.25, 0.3) is 11.2 Å². The number of rotatable bonds is 9. The number of nitrogens with one attached hydrogen (secondary N) is 3.